The maximum Gasteiger partial charge on any atom is 0.336 e. The van der Waals surface area contributed by atoms with Crippen LogP contribution in [0.5, 0.6) is 0 Å². The smallest absolute Gasteiger partial charge is 0.336 e. The second kappa shape index (κ2) is 34.7. The molecule has 0 aromatic heterocycles. The summed E-state index contributed by atoms with van der Waals surface area (Å²) in [6.45, 7) is 11.6. The van der Waals surface area contributed by atoms with Crippen molar-refractivity contribution in [2.24, 2.45) is 5.41 Å². The van der Waals surface area contributed by atoms with Crippen molar-refractivity contribution in [3.8, 4) is 37.0 Å². The van der Waals surface area contributed by atoms with Gasteiger partial charge in [-0.15, -0.1) is 19.3 Å². The predicted molar refractivity (Wildman–Crippen MR) is 249 cm³/mol. The van der Waals surface area contributed by atoms with Gasteiger partial charge in [-0.25, -0.2) is 0 Å². The summed E-state index contributed by atoms with van der Waals surface area (Å²) in [5.41, 5.74) is -1.96. The van der Waals surface area contributed by atoms with Gasteiger partial charge in [0.2, 0.25) is 23.6 Å². The van der Waals surface area contributed by atoms with Gasteiger partial charge in [0.05, 0.1) is 70.7 Å². The van der Waals surface area contributed by atoms with Gasteiger partial charge in [0.25, 0.3) is 0 Å². The summed E-state index contributed by atoms with van der Waals surface area (Å²) in [6, 6.07) is 0. The third-order valence-corrected chi connectivity index (χ3v) is 14.3. The van der Waals surface area contributed by atoms with Gasteiger partial charge in [-0.2, -0.15) is 0 Å². The highest BCUT2D eigenvalue weighted by Gasteiger charge is 2.48. The first-order valence-electron chi connectivity index (χ1n) is 22.9. The molecule has 0 bridgehead atoms. The zero-order chi connectivity index (χ0) is 48.3. The van der Waals surface area contributed by atoms with Crippen LogP contribution in [0.2, 0.25) is 0 Å². The first-order chi connectivity index (χ1) is 31.2. The van der Waals surface area contributed by atoms with Gasteiger partial charge in [-0.3, -0.25) is 23.7 Å². The topological polar surface area (TPSA) is 207 Å². The quantitative estimate of drug-likeness (QED) is 0.0386. The van der Waals surface area contributed by atoms with Crippen LogP contribution in [0.1, 0.15) is 111 Å². The lowest BCUT2D eigenvalue weighted by atomic mass is 9.69. The molecular formula is C47H79N4O13P. The normalized spacial score (nSPS) is 17.2. The van der Waals surface area contributed by atoms with E-state index in [4.69, 9.17) is 56.7 Å². The van der Waals surface area contributed by atoms with E-state index in [9.17, 15) is 23.7 Å². The summed E-state index contributed by atoms with van der Waals surface area (Å²) < 4.78 is 57.8. The monoisotopic (exact) mass is 939 g/mol. The Morgan fingerprint density at radius 1 is 0.646 bits per heavy atom. The zero-order valence-electron chi connectivity index (χ0n) is 39.9. The van der Waals surface area contributed by atoms with Crippen LogP contribution in [0.3, 0.4) is 0 Å². The van der Waals surface area contributed by atoms with Crippen LogP contribution in [0, 0.1) is 42.4 Å². The van der Waals surface area contributed by atoms with Gasteiger partial charge in [-0.05, 0) is 71.6 Å². The molecule has 1 atom stereocenters. The van der Waals surface area contributed by atoms with Crippen molar-refractivity contribution in [2.45, 2.75) is 128 Å². The van der Waals surface area contributed by atoms with E-state index in [1.54, 1.807) is 0 Å². The molecule has 4 amide bonds. The number of carbonyl (C=O) groups is 4. The second-order valence-corrected chi connectivity index (χ2v) is 19.4. The number of amides is 4. The Hall–Kier alpha value is -3.53. The molecule has 0 heterocycles. The van der Waals surface area contributed by atoms with Crippen LogP contribution in [-0.4, -0.2) is 146 Å². The number of rotatable bonds is 39. The van der Waals surface area contributed by atoms with Crippen molar-refractivity contribution >= 4 is 31.2 Å². The highest BCUT2D eigenvalue weighted by atomic mass is 31.2. The Morgan fingerprint density at radius 3 is 1.37 bits per heavy atom. The molecule has 0 aromatic carbocycles. The first-order valence-corrected chi connectivity index (χ1v) is 24.5. The molecule has 370 valence electrons. The van der Waals surface area contributed by atoms with Crippen molar-refractivity contribution in [1.29, 1.82) is 0 Å². The fourth-order valence-electron chi connectivity index (χ4n) is 7.24. The van der Waals surface area contributed by atoms with Crippen LogP contribution in [0.15, 0.2) is 0 Å². The highest BCUT2D eigenvalue weighted by Crippen LogP contribution is 2.62. The van der Waals surface area contributed by atoms with Gasteiger partial charge in [-0.1, -0.05) is 38.0 Å². The number of hydrogen-bond acceptors (Lipinski definition) is 13. The van der Waals surface area contributed by atoms with Crippen LogP contribution in [0.4, 0.5) is 0 Å². The number of terminal acetylenes is 3. The molecule has 17 nitrogen and oxygen atoms in total. The Bertz CT molecular complexity index is 1440. The third-order valence-electron chi connectivity index (χ3n) is 11.5. The van der Waals surface area contributed by atoms with Crippen molar-refractivity contribution in [3.05, 3.63) is 0 Å². The van der Waals surface area contributed by atoms with Gasteiger partial charge in [0, 0.05) is 57.0 Å². The van der Waals surface area contributed by atoms with Crippen LogP contribution in [0.25, 0.3) is 0 Å². The van der Waals surface area contributed by atoms with E-state index < -0.39 is 23.7 Å². The average molecular weight is 939 g/mol. The minimum atomic E-state index is -3.47. The van der Waals surface area contributed by atoms with E-state index in [2.05, 4.69) is 39.0 Å². The molecule has 4 N–H and O–H groups in total. The molecule has 0 spiro atoms. The largest absolute Gasteiger partial charge is 0.377 e. The highest BCUT2D eigenvalue weighted by molar-refractivity contribution is 7.55. The summed E-state index contributed by atoms with van der Waals surface area (Å²) in [5, 5.41) is 11.2. The van der Waals surface area contributed by atoms with Crippen LogP contribution < -0.4 is 21.3 Å². The Kier molecular flexibility index (Phi) is 31.8. The Balaban J connectivity index is 3.32. The number of hydrogen-bond donors (Lipinski definition) is 4. The van der Waals surface area contributed by atoms with Crippen LogP contribution >= 0.6 is 7.60 Å². The van der Waals surface area contributed by atoms with Gasteiger partial charge in [0.1, 0.15) is 19.8 Å². The molecule has 1 aliphatic rings. The van der Waals surface area contributed by atoms with E-state index in [0.717, 1.165) is 0 Å². The summed E-state index contributed by atoms with van der Waals surface area (Å²) in [4.78, 5) is 54.9. The van der Waals surface area contributed by atoms with E-state index in [0.29, 0.717) is 84.6 Å². The van der Waals surface area contributed by atoms with Crippen molar-refractivity contribution in [2.75, 3.05) is 106 Å². The van der Waals surface area contributed by atoms with Gasteiger partial charge < -0.3 is 58.7 Å². The molecular weight excluding hydrogens is 860 g/mol. The molecule has 1 fully saturated rings. The summed E-state index contributed by atoms with van der Waals surface area (Å²) in [6.07, 6.45) is 19.4. The molecule has 0 aromatic rings. The Labute approximate surface area is 389 Å². The molecule has 0 radical (unpaired) electrons. The lowest BCUT2D eigenvalue weighted by Crippen LogP contribution is -2.56. The third kappa shape index (κ3) is 24.7. The van der Waals surface area contributed by atoms with Crippen molar-refractivity contribution in [3.63, 3.8) is 0 Å². The lowest BCUT2D eigenvalue weighted by Gasteiger charge is -2.44. The van der Waals surface area contributed by atoms with E-state index >= 15 is 0 Å². The molecule has 0 saturated heterocycles. The molecule has 1 rings (SSSR count). The summed E-state index contributed by atoms with van der Waals surface area (Å²) in [7, 11) is -2.06. The maximum atomic E-state index is 14.9. The molecule has 65 heavy (non-hydrogen) atoms. The van der Waals surface area contributed by atoms with Crippen molar-refractivity contribution in [1.82, 2.24) is 21.3 Å². The van der Waals surface area contributed by atoms with Gasteiger partial charge in [0.15, 0.2) is 0 Å². The molecule has 0 aliphatic heterocycles. The van der Waals surface area contributed by atoms with Gasteiger partial charge >= 0.3 is 7.60 Å². The Morgan fingerprint density at radius 2 is 1.03 bits per heavy atom. The van der Waals surface area contributed by atoms with Crippen LogP contribution in [-0.2, 0) is 61.2 Å². The van der Waals surface area contributed by atoms with E-state index in [1.165, 1.54) is 7.11 Å². The number of nitrogens with one attached hydrogen (secondary N) is 4. The standard InChI is InChI=1S/C47H79N4O13P/c1-9-19-46(20-14-40(15-21-46)64-65(56,57-8)45(6,7)13-5)44(55)51-47(22-16-41(52)48-25-31-61-37-34-58-28-10-2,23-17-42(53)49-26-32-62-38-35-59-29-11-3)24-18-43(54)50-27-33-63-39-36-60-30-12-4/h2-4,40H,9,13-39H2,1,5-8H3,(H,48,52)(H,49,53)(H,50,54)(H,51,55). The molecule has 18 heteroatoms. The summed E-state index contributed by atoms with van der Waals surface area (Å²) >= 11 is 0. The molecule has 1 saturated carbocycles. The predicted octanol–water partition coefficient (Wildman–Crippen LogP) is 4.30. The van der Waals surface area contributed by atoms with E-state index in [1.807, 2.05) is 27.7 Å². The fraction of sp³-hybridized carbons (Fsp3) is 0.787. The maximum absolute atomic E-state index is 14.9. The van der Waals surface area contributed by atoms with Crippen molar-refractivity contribution < 1.29 is 61.2 Å². The minimum absolute atomic E-state index is 0.00379. The number of carbonyl (C=O) groups excluding carboxylic acids is 4. The first kappa shape index (κ1) is 59.5. The second-order valence-electron chi connectivity index (χ2n) is 16.6. The number of ether oxygens (including phenoxy) is 6. The minimum Gasteiger partial charge on any atom is -0.377 e. The lowest BCUT2D eigenvalue weighted by molar-refractivity contribution is -0.138. The molecule has 1 unspecified atom stereocenters. The SMILES string of the molecule is C#CCOCCOCCNC(=O)CCC(CCC(=O)NCCOCCOCC#C)(CCC(=O)NCCOCCOCC#C)NC(=O)C1(CCC)CCC(OP(=O)(OC)C(C)(C)CC)CC1. The zero-order valence-corrected chi connectivity index (χ0v) is 40.8. The molecule has 1 aliphatic carbocycles. The average Bonchev–Trinajstić information content (AvgIpc) is 3.30. The fourth-order valence-corrected chi connectivity index (χ4v) is 9.10. The van der Waals surface area contributed by atoms with E-state index in [-0.39, 0.29) is 128 Å². The summed E-state index contributed by atoms with van der Waals surface area (Å²) in [5.74, 6) is 6.10.